The van der Waals surface area contributed by atoms with E-state index in [9.17, 15) is 4.79 Å². The molecule has 102 valence electrons. The van der Waals surface area contributed by atoms with E-state index in [-0.39, 0.29) is 0 Å². The van der Waals surface area contributed by atoms with Gasteiger partial charge in [-0.1, -0.05) is 12.1 Å². The van der Waals surface area contributed by atoms with Crippen LogP contribution in [-0.2, 0) is 4.74 Å². The number of pyridine rings is 1. The molecule has 2 aromatic heterocycles. The van der Waals surface area contributed by atoms with Crippen LogP contribution in [0.3, 0.4) is 0 Å². The Morgan fingerprint density at radius 1 is 1.40 bits per heavy atom. The number of nitrogens with zero attached hydrogens (tertiary/aromatic N) is 4. The van der Waals surface area contributed by atoms with E-state index < -0.39 is 5.97 Å². The molecule has 1 aromatic carbocycles. The molecule has 7 nitrogen and oxygen atoms in total. The number of methoxy groups -OCH3 is 1. The lowest BCUT2D eigenvalue weighted by molar-refractivity contribution is 0.0528. The number of tetrazole rings is 1. The van der Waals surface area contributed by atoms with E-state index in [1.54, 1.807) is 20.1 Å². The summed E-state index contributed by atoms with van der Waals surface area (Å²) in [5.41, 5.74) is 1.39. The van der Waals surface area contributed by atoms with Crippen molar-refractivity contribution in [3.8, 4) is 5.75 Å². The van der Waals surface area contributed by atoms with Crippen LogP contribution >= 0.6 is 0 Å². The van der Waals surface area contributed by atoms with Gasteiger partial charge in [0.05, 0.1) is 13.7 Å². The van der Waals surface area contributed by atoms with Crippen LogP contribution in [-0.4, -0.2) is 39.7 Å². The van der Waals surface area contributed by atoms with Crippen molar-refractivity contribution in [2.75, 3.05) is 13.7 Å². The molecule has 0 spiro atoms. The van der Waals surface area contributed by atoms with Gasteiger partial charge in [0, 0.05) is 5.39 Å². The van der Waals surface area contributed by atoms with Crippen molar-refractivity contribution in [3.05, 3.63) is 29.8 Å². The standard InChI is InChI=1S/C13H12N4O3/c1-3-20-13(18)9-7-8-5-4-6-10(19-2)11(8)17-12(9)14-15-16-17/h4-7H,3H2,1-2H3. The quantitative estimate of drug-likeness (QED) is 0.672. The fraction of sp³-hybridized carbons (Fsp3) is 0.231. The number of benzene rings is 1. The summed E-state index contributed by atoms with van der Waals surface area (Å²) in [5, 5.41) is 12.2. The van der Waals surface area contributed by atoms with Crippen LogP contribution < -0.4 is 4.74 Å². The van der Waals surface area contributed by atoms with Crippen molar-refractivity contribution in [1.82, 2.24) is 20.0 Å². The minimum Gasteiger partial charge on any atom is -0.494 e. The molecule has 0 fully saturated rings. The van der Waals surface area contributed by atoms with E-state index in [1.165, 1.54) is 4.52 Å². The highest BCUT2D eigenvalue weighted by molar-refractivity contribution is 6.01. The van der Waals surface area contributed by atoms with E-state index in [0.717, 1.165) is 5.39 Å². The van der Waals surface area contributed by atoms with Gasteiger partial charge in [-0.3, -0.25) is 0 Å². The minimum absolute atomic E-state index is 0.294. The number of ether oxygens (including phenoxy) is 2. The highest BCUT2D eigenvalue weighted by atomic mass is 16.5. The molecular weight excluding hydrogens is 260 g/mol. The SMILES string of the molecule is CCOC(=O)c1cc2cccc(OC)c2n2nnnc12. The fourth-order valence-electron chi connectivity index (χ4n) is 2.13. The highest BCUT2D eigenvalue weighted by Gasteiger charge is 2.18. The van der Waals surface area contributed by atoms with E-state index in [2.05, 4.69) is 15.5 Å². The number of hydrogen-bond acceptors (Lipinski definition) is 6. The Kier molecular flexibility index (Phi) is 2.94. The molecule has 0 aliphatic carbocycles. The number of hydrogen-bond donors (Lipinski definition) is 0. The Balaban J connectivity index is 2.38. The number of fused-ring (bicyclic) bond motifs is 3. The number of esters is 1. The molecule has 0 aliphatic heterocycles. The average Bonchev–Trinajstić information content (AvgIpc) is 2.95. The maximum atomic E-state index is 12.0. The van der Waals surface area contributed by atoms with Gasteiger partial charge < -0.3 is 9.47 Å². The van der Waals surface area contributed by atoms with Crippen molar-refractivity contribution < 1.29 is 14.3 Å². The Morgan fingerprint density at radius 2 is 2.25 bits per heavy atom. The molecule has 7 heteroatoms. The third-order valence-electron chi connectivity index (χ3n) is 2.97. The average molecular weight is 272 g/mol. The molecule has 0 saturated carbocycles. The number of aromatic nitrogens is 4. The summed E-state index contributed by atoms with van der Waals surface area (Å²) in [6, 6.07) is 7.23. The van der Waals surface area contributed by atoms with Crippen LogP contribution in [0.1, 0.15) is 17.3 Å². The van der Waals surface area contributed by atoms with Crippen molar-refractivity contribution in [3.63, 3.8) is 0 Å². The lowest BCUT2D eigenvalue weighted by Gasteiger charge is -2.08. The number of carbonyl (C=O) groups is 1. The normalized spacial score (nSPS) is 10.9. The van der Waals surface area contributed by atoms with Gasteiger partial charge in [0.25, 0.3) is 0 Å². The first-order chi connectivity index (χ1) is 9.76. The molecule has 0 bridgehead atoms. The molecule has 0 atom stereocenters. The first-order valence-corrected chi connectivity index (χ1v) is 6.11. The molecule has 0 radical (unpaired) electrons. The van der Waals surface area contributed by atoms with Gasteiger partial charge in [-0.2, -0.15) is 4.52 Å². The second kappa shape index (κ2) is 4.76. The van der Waals surface area contributed by atoms with Gasteiger partial charge in [0.2, 0.25) is 0 Å². The van der Waals surface area contributed by atoms with E-state index in [1.807, 2.05) is 18.2 Å². The summed E-state index contributed by atoms with van der Waals surface area (Å²) in [6.45, 7) is 2.05. The van der Waals surface area contributed by atoms with Gasteiger partial charge in [0.1, 0.15) is 16.8 Å². The van der Waals surface area contributed by atoms with Crippen molar-refractivity contribution >= 4 is 22.5 Å². The highest BCUT2D eigenvalue weighted by Crippen LogP contribution is 2.27. The van der Waals surface area contributed by atoms with Crippen LogP contribution in [0.25, 0.3) is 16.6 Å². The second-order valence-electron chi connectivity index (χ2n) is 4.09. The third kappa shape index (κ3) is 1.75. The van der Waals surface area contributed by atoms with Gasteiger partial charge in [-0.05, 0) is 29.5 Å². The number of para-hydroxylation sites is 1. The Hall–Kier alpha value is -2.70. The lowest BCUT2D eigenvalue weighted by atomic mass is 10.1. The van der Waals surface area contributed by atoms with Crippen LogP contribution in [0.15, 0.2) is 24.3 Å². The maximum Gasteiger partial charge on any atom is 0.342 e. The van der Waals surface area contributed by atoms with Gasteiger partial charge in [0.15, 0.2) is 5.65 Å². The monoisotopic (exact) mass is 272 g/mol. The molecule has 2 heterocycles. The molecule has 0 saturated heterocycles. The Bertz CT molecular complexity index is 797. The zero-order valence-electron chi connectivity index (χ0n) is 11.0. The topological polar surface area (TPSA) is 78.6 Å². The zero-order chi connectivity index (χ0) is 14.1. The van der Waals surface area contributed by atoms with Gasteiger partial charge in [-0.15, -0.1) is 5.10 Å². The zero-order valence-corrected chi connectivity index (χ0v) is 11.0. The van der Waals surface area contributed by atoms with Gasteiger partial charge in [-0.25, -0.2) is 4.79 Å². The first kappa shape index (κ1) is 12.3. The largest absolute Gasteiger partial charge is 0.494 e. The van der Waals surface area contributed by atoms with Crippen LogP contribution in [0.4, 0.5) is 0 Å². The van der Waals surface area contributed by atoms with Crippen molar-refractivity contribution in [2.45, 2.75) is 6.92 Å². The molecule has 0 unspecified atom stereocenters. The summed E-state index contributed by atoms with van der Waals surface area (Å²) in [6.07, 6.45) is 0. The van der Waals surface area contributed by atoms with Gasteiger partial charge >= 0.3 is 5.97 Å². The molecule has 0 N–H and O–H groups in total. The molecular formula is C13H12N4O3. The second-order valence-corrected chi connectivity index (χ2v) is 4.09. The third-order valence-corrected chi connectivity index (χ3v) is 2.97. The van der Waals surface area contributed by atoms with E-state index in [0.29, 0.717) is 29.1 Å². The van der Waals surface area contributed by atoms with Crippen LogP contribution in [0.2, 0.25) is 0 Å². The molecule has 3 aromatic rings. The van der Waals surface area contributed by atoms with E-state index in [4.69, 9.17) is 9.47 Å². The summed E-state index contributed by atoms with van der Waals surface area (Å²) in [4.78, 5) is 12.0. The summed E-state index contributed by atoms with van der Waals surface area (Å²) >= 11 is 0. The minimum atomic E-state index is -0.447. The Morgan fingerprint density at radius 3 is 3.00 bits per heavy atom. The predicted molar refractivity (Wildman–Crippen MR) is 70.8 cm³/mol. The molecule has 0 amide bonds. The van der Waals surface area contributed by atoms with Crippen molar-refractivity contribution in [2.24, 2.45) is 0 Å². The predicted octanol–water partition coefficient (Wildman–Crippen LogP) is 1.46. The summed E-state index contributed by atoms with van der Waals surface area (Å²) in [7, 11) is 1.57. The first-order valence-electron chi connectivity index (χ1n) is 6.11. The molecule has 3 rings (SSSR count). The smallest absolute Gasteiger partial charge is 0.342 e. The fourth-order valence-corrected chi connectivity index (χ4v) is 2.13. The summed E-state index contributed by atoms with van der Waals surface area (Å²) in [5.74, 6) is 0.187. The molecule has 0 aliphatic rings. The van der Waals surface area contributed by atoms with Crippen molar-refractivity contribution in [1.29, 1.82) is 0 Å². The van der Waals surface area contributed by atoms with E-state index >= 15 is 0 Å². The summed E-state index contributed by atoms with van der Waals surface area (Å²) < 4.78 is 11.8. The lowest BCUT2D eigenvalue weighted by Crippen LogP contribution is -2.08. The Labute approximate surface area is 114 Å². The van der Waals surface area contributed by atoms with Crippen LogP contribution in [0, 0.1) is 0 Å². The molecule has 20 heavy (non-hydrogen) atoms. The maximum absolute atomic E-state index is 12.0. The van der Waals surface area contributed by atoms with Crippen LogP contribution in [0.5, 0.6) is 5.75 Å². The number of carbonyl (C=O) groups excluding carboxylic acids is 1. The number of rotatable bonds is 3.